The Bertz CT molecular complexity index is 60.5. The first kappa shape index (κ1) is 15.0. The van der Waals surface area contributed by atoms with Gasteiger partial charge in [0.2, 0.25) is 0 Å². The van der Waals surface area contributed by atoms with Crippen LogP contribution in [0, 0.1) is 0 Å². The van der Waals surface area contributed by atoms with E-state index in [4.69, 9.17) is 5.73 Å². The maximum atomic E-state index is 7.34. The second-order valence-electron chi connectivity index (χ2n) is 2.58. The molecule has 0 aliphatic carbocycles. The van der Waals surface area contributed by atoms with E-state index >= 15 is 0 Å². The zero-order valence-corrected chi connectivity index (χ0v) is 11.5. The molecule has 0 aromatic carbocycles. The molecule has 2 nitrogen and oxygen atoms in total. The predicted octanol–water partition coefficient (Wildman–Crippen LogP) is -0.837. The fraction of sp³-hybridized carbons (Fsp3) is 1.00. The maximum Gasteiger partial charge on any atom is 1.00 e. The first-order chi connectivity index (χ1) is 4.79. The molecule has 1 rings (SSSR count). The summed E-state index contributed by atoms with van der Waals surface area (Å²) in [5.74, 6) is 0. The minimum atomic E-state index is 0. The number of hydrogen-bond acceptors (Lipinski definition) is 1. The first-order valence-corrected chi connectivity index (χ1v) is 4.18. The Morgan fingerprint density at radius 2 is 1.55 bits per heavy atom. The van der Waals surface area contributed by atoms with Crippen molar-refractivity contribution in [1.29, 1.82) is 0 Å². The van der Waals surface area contributed by atoms with Gasteiger partial charge in [0.25, 0.3) is 0 Å². The van der Waals surface area contributed by atoms with Gasteiger partial charge in [-0.1, -0.05) is 26.7 Å². The largest absolute Gasteiger partial charge is 1.00 e. The molecule has 1 aliphatic heterocycles. The number of piperidine rings is 1. The Morgan fingerprint density at radius 1 is 1.18 bits per heavy atom. The van der Waals surface area contributed by atoms with Crippen molar-refractivity contribution in [2.75, 3.05) is 20.1 Å². The Balaban J connectivity index is 0. The Kier molecular flexibility index (Phi) is 13.2. The van der Waals surface area contributed by atoms with Crippen LogP contribution in [0.3, 0.4) is 0 Å². The van der Waals surface area contributed by atoms with Crippen LogP contribution in [0.1, 0.15) is 26.7 Å². The van der Waals surface area contributed by atoms with Crippen LogP contribution < -0.4 is 51.4 Å². The van der Waals surface area contributed by atoms with Crippen molar-refractivity contribution in [2.24, 2.45) is 0 Å². The molecule has 1 fully saturated rings. The van der Waals surface area contributed by atoms with Gasteiger partial charge in [0.05, 0.1) is 0 Å². The zero-order valence-electron chi connectivity index (χ0n) is 8.35. The van der Waals surface area contributed by atoms with E-state index in [2.05, 4.69) is 11.9 Å². The van der Waals surface area contributed by atoms with Crippen molar-refractivity contribution in [3.05, 3.63) is 5.73 Å². The third kappa shape index (κ3) is 7.90. The normalized spacial score (nSPS) is 19.6. The van der Waals surface area contributed by atoms with Crippen molar-refractivity contribution in [3.8, 4) is 0 Å². The molecular formula is C8H19KN2. The van der Waals surface area contributed by atoms with Crippen LogP contribution in [-0.2, 0) is 0 Å². The molecule has 1 heterocycles. The van der Waals surface area contributed by atoms with Gasteiger partial charge in [-0.25, -0.2) is 0 Å². The molecule has 62 valence electrons. The molecule has 0 spiro atoms. The van der Waals surface area contributed by atoms with Crippen molar-refractivity contribution >= 4 is 0 Å². The molecular weight excluding hydrogens is 163 g/mol. The smallest absolute Gasteiger partial charge is 0.675 e. The second kappa shape index (κ2) is 9.64. The Morgan fingerprint density at radius 3 is 1.82 bits per heavy atom. The van der Waals surface area contributed by atoms with Gasteiger partial charge in [-0.05, 0) is 20.1 Å². The van der Waals surface area contributed by atoms with E-state index in [1.807, 2.05) is 13.8 Å². The van der Waals surface area contributed by atoms with Gasteiger partial charge in [-0.2, -0.15) is 0 Å². The van der Waals surface area contributed by atoms with Crippen LogP contribution in [0.4, 0.5) is 0 Å². The molecule has 0 bridgehead atoms. The molecule has 0 unspecified atom stereocenters. The van der Waals surface area contributed by atoms with Crippen LogP contribution >= 0.6 is 0 Å². The molecule has 11 heavy (non-hydrogen) atoms. The molecule has 3 heteroatoms. The minimum absolute atomic E-state index is 0. The van der Waals surface area contributed by atoms with Gasteiger partial charge >= 0.3 is 51.4 Å². The van der Waals surface area contributed by atoms with Crippen molar-refractivity contribution in [1.82, 2.24) is 4.90 Å². The fourth-order valence-electron chi connectivity index (χ4n) is 1.01. The summed E-state index contributed by atoms with van der Waals surface area (Å²) in [4.78, 5) is 2.28. The topological polar surface area (TPSA) is 27.0 Å². The monoisotopic (exact) mass is 182 g/mol. The third-order valence-corrected chi connectivity index (χ3v) is 1.72. The molecule has 1 saturated heterocycles. The molecule has 0 amide bonds. The Hall–Kier alpha value is 1.56. The van der Waals surface area contributed by atoms with Crippen LogP contribution in [-0.4, -0.2) is 31.1 Å². The van der Waals surface area contributed by atoms with Gasteiger partial charge in [0.1, 0.15) is 0 Å². The van der Waals surface area contributed by atoms with Crippen LogP contribution in [0.2, 0.25) is 0 Å². The summed E-state index contributed by atoms with van der Waals surface area (Å²) < 4.78 is 0. The van der Waals surface area contributed by atoms with Gasteiger partial charge in [-0.3, -0.25) is 0 Å². The first-order valence-electron chi connectivity index (χ1n) is 4.18. The zero-order chi connectivity index (χ0) is 7.98. The minimum Gasteiger partial charge on any atom is -0.675 e. The molecule has 0 aromatic rings. The van der Waals surface area contributed by atoms with Crippen molar-refractivity contribution in [3.63, 3.8) is 0 Å². The van der Waals surface area contributed by atoms with Gasteiger partial charge < -0.3 is 10.6 Å². The number of nitrogens with zero attached hydrogens (tertiary/aromatic N) is 1. The predicted molar refractivity (Wildman–Crippen MR) is 46.2 cm³/mol. The van der Waals surface area contributed by atoms with Crippen molar-refractivity contribution < 1.29 is 51.4 Å². The van der Waals surface area contributed by atoms with Gasteiger partial charge in [-0.15, -0.1) is 6.04 Å². The molecule has 0 saturated carbocycles. The SMILES string of the molecule is CC.CN1CCC([NH-])CC1.[K+]. The van der Waals surface area contributed by atoms with E-state index in [-0.39, 0.29) is 57.4 Å². The van der Waals surface area contributed by atoms with E-state index in [1.165, 1.54) is 0 Å². The Labute approximate surface area is 113 Å². The van der Waals surface area contributed by atoms with E-state index in [0.29, 0.717) is 0 Å². The summed E-state index contributed by atoms with van der Waals surface area (Å²) in [6.07, 6.45) is 2.13. The molecule has 1 aliphatic rings. The third-order valence-electron chi connectivity index (χ3n) is 1.72. The number of nitrogens with one attached hydrogen (secondary N) is 1. The van der Waals surface area contributed by atoms with Gasteiger partial charge in [0, 0.05) is 0 Å². The summed E-state index contributed by atoms with van der Waals surface area (Å²) in [6, 6.07) is 0.228. The summed E-state index contributed by atoms with van der Waals surface area (Å²) in [6.45, 7) is 6.24. The van der Waals surface area contributed by atoms with E-state index in [1.54, 1.807) is 0 Å². The van der Waals surface area contributed by atoms with E-state index in [9.17, 15) is 0 Å². The number of hydrogen-bond donors (Lipinski definition) is 0. The summed E-state index contributed by atoms with van der Waals surface area (Å²) in [5.41, 5.74) is 7.34. The average Bonchev–Trinajstić information content (AvgIpc) is 2.00. The molecule has 0 radical (unpaired) electrons. The molecule has 1 N–H and O–H groups in total. The molecule has 0 atom stereocenters. The van der Waals surface area contributed by atoms with E-state index < -0.39 is 0 Å². The fourth-order valence-corrected chi connectivity index (χ4v) is 1.01. The quantitative estimate of drug-likeness (QED) is 0.449. The van der Waals surface area contributed by atoms with Crippen LogP contribution in [0.15, 0.2) is 0 Å². The van der Waals surface area contributed by atoms with E-state index in [0.717, 1.165) is 25.9 Å². The number of likely N-dealkylation sites (tertiary alicyclic amines) is 1. The summed E-state index contributed by atoms with van der Waals surface area (Å²) in [5, 5.41) is 0. The van der Waals surface area contributed by atoms with Gasteiger partial charge in [0.15, 0.2) is 0 Å². The summed E-state index contributed by atoms with van der Waals surface area (Å²) in [7, 11) is 2.12. The molecule has 0 aromatic heterocycles. The average molecular weight is 182 g/mol. The second-order valence-corrected chi connectivity index (χ2v) is 2.58. The standard InChI is InChI=1S/C6H13N2.C2H6.K/c1-8-4-2-6(7)3-5-8;1-2;/h6-7H,2-5H2,1H3;1-2H3;/q-1;;+1. The van der Waals surface area contributed by atoms with Crippen LogP contribution in [0.25, 0.3) is 5.73 Å². The van der Waals surface area contributed by atoms with Crippen molar-refractivity contribution in [2.45, 2.75) is 32.7 Å². The maximum absolute atomic E-state index is 7.34. The number of rotatable bonds is 0. The summed E-state index contributed by atoms with van der Waals surface area (Å²) >= 11 is 0. The van der Waals surface area contributed by atoms with Crippen LogP contribution in [0.5, 0.6) is 0 Å².